The van der Waals surface area contributed by atoms with Crippen LogP contribution in [0, 0.1) is 11.8 Å². The number of piperazine rings is 1. The Labute approximate surface area is 155 Å². The number of aryl methyl sites for hydroxylation is 1. The Morgan fingerprint density at radius 2 is 2.12 bits per heavy atom. The lowest BCUT2D eigenvalue weighted by Gasteiger charge is -2.36. The topological polar surface area (TPSA) is 83.2 Å². The number of nitroso groups, excluding NO2 is 1. The van der Waals surface area contributed by atoms with Gasteiger partial charge in [0, 0.05) is 51.5 Å². The van der Waals surface area contributed by atoms with Gasteiger partial charge in [-0.1, -0.05) is 29.9 Å². The van der Waals surface area contributed by atoms with Crippen molar-refractivity contribution in [1.82, 2.24) is 15.1 Å². The summed E-state index contributed by atoms with van der Waals surface area (Å²) in [6.45, 7) is 12.6. The standard InChI is InChI=1S/C18H28BN5O2/c1-14-4-3-5-16-12-17(19(22-25)26-18(14)16)21-15(2)13-24-10-8-23(7-6-20)9-11-24/h3-5,17,21H,2,6-13,20H2,1H3. The molecule has 1 saturated heterocycles. The van der Waals surface area contributed by atoms with Gasteiger partial charge in [0.15, 0.2) is 0 Å². The summed E-state index contributed by atoms with van der Waals surface area (Å²) in [6.07, 6.45) is 0.705. The fourth-order valence-electron chi connectivity index (χ4n) is 3.73. The lowest BCUT2D eigenvalue weighted by Crippen LogP contribution is -2.52. The van der Waals surface area contributed by atoms with Gasteiger partial charge in [-0.25, -0.2) is 0 Å². The van der Waals surface area contributed by atoms with E-state index in [4.69, 9.17) is 10.4 Å². The first kappa shape index (κ1) is 18.9. The Kier molecular flexibility index (Phi) is 6.29. The minimum atomic E-state index is -0.734. The predicted octanol–water partition coefficient (Wildman–Crippen LogP) is 0.772. The molecule has 3 N–H and O–H groups in total. The molecule has 0 aliphatic carbocycles. The molecule has 0 radical (unpaired) electrons. The number of fused-ring (bicyclic) bond motifs is 1. The summed E-state index contributed by atoms with van der Waals surface area (Å²) in [6, 6.07) is 6.04. The summed E-state index contributed by atoms with van der Waals surface area (Å²) >= 11 is 0. The Bertz CT molecular complexity index is 648. The van der Waals surface area contributed by atoms with E-state index in [0.29, 0.717) is 13.0 Å². The molecule has 1 unspecified atom stereocenters. The molecule has 2 aliphatic heterocycles. The predicted molar refractivity (Wildman–Crippen MR) is 105 cm³/mol. The second kappa shape index (κ2) is 8.66. The fraction of sp³-hybridized carbons (Fsp3) is 0.556. The van der Waals surface area contributed by atoms with Gasteiger partial charge in [0.05, 0.1) is 5.94 Å². The summed E-state index contributed by atoms with van der Waals surface area (Å²) in [7, 11) is -0.734. The van der Waals surface area contributed by atoms with Crippen molar-refractivity contribution >= 4 is 7.05 Å². The van der Waals surface area contributed by atoms with Crippen molar-refractivity contribution in [1.29, 1.82) is 0 Å². The summed E-state index contributed by atoms with van der Waals surface area (Å²) in [4.78, 5) is 16.0. The van der Waals surface area contributed by atoms with E-state index < -0.39 is 7.05 Å². The minimum Gasteiger partial charge on any atom is -0.537 e. The zero-order valence-electron chi connectivity index (χ0n) is 15.5. The first-order valence-corrected chi connectivity index (χ1v) is 9.27. The van der Waals surface area contributed by atoms with Crippen LogP contribution < -0.4 is 15.7 Å². The maximum atomic E-state index is 11.3. The monoisotopic (exact) mass is 357 g/mol. The smallest absolute Gasteiger partial charge is 0.537 e. The minimum absolute atomic E-state index is 0.187. The molecule has 7 nitrogen and oxygen atoms in total. The van der Waals surface area contributed by atoms with Gasteiger partial charge in [-0.05, 0) is 24.5 Å². The number of hydrogen-bond acceptors (Lipinski definition) is 7. The molecule has 0 spiro atoms. The number of nitrogens with zero attached hydrogens (tertiary/aromatic N) is 3. The molecule has 1 fully saturated rings. The molecular weight excluding hydrogens is 329 g/mol. The quantitative estimate of drug-likeness (QED) is 0.554. The highest BCUT2D eigenvalue weighted by Gasteiger charge is 2.38. The van der Waals surface area contributed by atoms with Crippen molar-refractivity contribution in [2.45, 2.75) is 19.3 Å². The van der Waals surface area contributed by atoms with Crippen LogP contribution in [0.1, 0.15) is 11.1 Å². The van der Waals surface area contributed by atoms with Crippen molar-refractivity contribution in [3.63, 3.8) is 0 Å². The van der Waals surface area contributed by atoms with Crippen molar-refractivity contribution in [2.24, 2.45) is 10.8 Å². The summed E-state index contributed by atoms with van der Waals surface area (Å²) in [5, 5.41) is 6.57. The van der Waals surface area contributed by atoms with Gasteiger partial charge in [-0.3, -0.25) is 9.80 Å². The van der Waals surface area contributed by atoms with E-state index >= 15 is 0 Å². The molecule has 8 heteroatoms. The number of nitrogens with one attached hydrogen (secondary N) is 1. The van der Waals surface area contributed by atoms with Crippen LogP contribution in [-0.4, -0.2) is 68.6 Å². The third-order valence-corrected chi connectivity index (χ3v) is 5.13. The number of rotatable bonds is 7. The zero-order chi connectivity index (χ0) is 18.5. The number of benzene rings is 1. The molecule has 1 aromatic rings. The summed E-state index contributed by atoms with van der Waals surface area (Å²) < 4.78 is 5.84. The number of para-hydroxylation sites is 1. The Morgan fingerprint density at radius 1 is 1.38 bits per heavy atom. The Morgan fingerprint density at radius 3 is 2.81 bits per heavy atom. The van der Waals surface area contributed by atoms with Crippen molar-refractivity contribution in [2.75, 3.05) is 45.8 Å². The molecule has 0 aromatic heterocycles. The number of hydrogen-bond donors (Lipinski definition) is 2. The van der Waals surface area contributed by atoms with Crippen LogP contribution in [0.3, 0.4) is 0 Å². The molecule has 0 saturated carbocycles. The fourth-order valence-corrected chi connectivity index (χ4v) is 3.73. The summed E-state index contributed by atoms with van der Waals surface area (Å²) in [5.41, 5.74) is 8.66. The van der Waals surface area contributed by atoms with Crippen molar-refractivity contribution < 1.29 is 4.65 Å². The average molecular weight is 357 g/mol. The van der Waals surface area contributed by atoms with Crippen molar-refractivity contribution in [3.8, 4) is 5.75 Å². The van der Waals surface area contributed by atoms with Crippen LogP contribution >= 0.6 is 0 Å². The summed E-state index contributed by atoms with van der Waals surface area (Å²) in [5.74, 6) is 0.601. The lowest BCUT2D eigenvalue weighted by molar-refractivity contribution is 0.142. The lowest BCUT2D eigenvalue weighted by atomic mass is 9.68. The van der Waals surface area contributed by atoms with E-state index in [2.05, 4.69) is 26.8 Å². The van der Waals surface area contributed by atoms with E-state index in [-0.39, 0.29) is 5.94 Å². The highest BCUT2D eigenvalue weighted by Crippen LogP contribution is 2.30. The van der Waals surface area contributed by atoms with Crippen LogP contribution in [0.15, 0.2) is 35.6 Å². The van der Waals surface area contributed by atoms with E-state index in [1.54, 1.807) is 0 Å². The average Bonchev–Trinajstić information content (AvgIpc) is 2.63. The molecule has 26 heavy (non-hydrogen) atoms. The zero-order valence-corrected chi connectivity index (χ0v) is 15.5. The van der Waals surface area contributed by atoms with Gasteiger partial charge in [-0.2, -0.15) is 4.91 Å². The molecule has 140 valence electrons. The van der Waals surface area contributed by atoms with Crippen LogP contribution in [0.4, 0.5) is 0 Å². The highest BCUT2D eigenvalue weighted by molar-refractivity contribution is 6.53. The Hall–Kier alpha value is -1.90. The first-order valence-electron chi connectivity index (χ1n) is 9.27. The second-order valence-electron chi connectivity index (χ2n) is 7.14. The van der Waals surface area contributed by atoms with Crippen LogP contribution in [0.2, 0.25) is 0 Å². The molecule has 2 heterocycles. The molecule has 0 amide bonds. The molecule has 0 bridgehead atoms. The molecule has 3 rings (SSSR count). The second-order valence-corrected chi connectivity index (χ2v) is 7.14. The van der Waals surface area contributed by atoms with E-state index in [1.165, 1.54) is 0 Å². The van der Waals surface area contributed by atoms with Gasteiger partial charge in [-0.15, -0.1) is 0 Å². The van der Waals surface area contributed by atoms with Gasteiger partial charge >= 0.3 is 7.05 Å². The molecule has 2 aliphatic rings. The molecule has 1 atom stereocenters. The van der Waals surface area contributed by atoms with Gasteiger partial charge in [0.2, 0.25) is 0 Å². The van der Waals surface area contributed by atoms with Crippen LogP contribution in [0.5, 0.6) is 5.75 Å². The third-order valence-electron chi connectivity index (χ3n) is 5.13. The highest BCUT2D eigenvalue weighted by atomic mass is 16.5. The normalized spacial score (nSPS) is 21.0. The van der Waals surface area contributed by atoms with E-state index in [0.717, 1.165) is 61.8 Å². The van der Waals surface area contributed by atoms with Crippen LogP contribution in [0.25, 0.3) is 0 Å². The van der Waals surface area contributed by atoms with E-state index in [9.17, 15) is 4.91 Å². The SMILES string of the molecule is C=C(CN1CCN(CCN)CC1)NC1Cc2cccc(C)c2OB1N=O. The van der Waals surface area contributed by atoms with E-state index in [1.807, 2.05) is 25.1 Å². The largest absolute Gasteiger partial charge is 0.570 e. The Balaban J connectivity index is 1.54. The van der Waals surface area contributed by atoms with Crippen LogP contribution in [-0.2, 0) is 6.42 Å². The van der Waals surface area contributed by atoms with Gasteiger partial charge in [0.1, 0.15) is 5.75 Å². The number of nitrogens with two attached hydrogens (primary N) is 1. The third kappa shape index (κ3) is 4.44. The first-order chi connectivity index (χ1) is 12.6. The molecule has 1 aromatic carbocycles. The molecular formula is C18H28BN5O2. The van der Waals surface area contributed by atoms with Crippen molar-refractivity contribution in [3.05, 3.63) is 46.5 Å². The van der Waals surface area contributed by atoms with Gasteiger partial charge < -0.3 is 15.7 Å². The maximum absolute atomic E-state index is 11.3. The maximum Gasteiger partial charge on any atom is 0.570 e. The van der Waals surface area contributed by atoms with Gasteiger partial charge in [0.25, 0.3) is 0 Å².